The number of anilines is 1. The lowest BCUT2D eigenvalue weighted by molar-refractivity contribution is 0.666. The summed E-state index contributed by atoms with van der Waals surface area (Å²) >= 11 is 9.32. The van der Waals surface area contributed by atoms with Crippen LogP contribution in [0.4, 0.5) is 5.69 Å². The van der Waals surface area contributed by atoms with E-state index in [1.54, 1.807) is 6.20 Å². The van der Waals surface area contributed by atoms with Gasteiger partial charge in [0.05, 0.1) is 23.5 Å². The molecule has 0 unspecified atom stereocenters. The zero-order valence-electron chi connectivity index (χ0n) is 8.74. The van der Waals surface area contributed by atoms with E-state index in [1.165, 1.54) is 0 Å². The van der Waals surface area contributed by atoms with Gasteiger partial charge >= 0.3 is 0 Å². The second-order valence-corrected chi connectivity index (χ2v) is 4.90. The van der Waals surface area contributed by atoms with E-state index in [0.29, 0.717) is 11.6 Å². The fourth-order valence-corrected chi connectivity index (χ4v) is 1.97. The van der Waals surface area contributed by atoms with Gasteiger partial charge in [-0.2, -0.15) is 5.10 Å². The number of aromatic nitrogens is 2. The quantitative estimate of drug-likeness (QED) is 0.865. The summed E-state index contributed by atoms with van der Waals surface area (Å²) in [5, 5.41) is 4.87. The standard InChI is InChI=1S/C11H11BrClN3/c1-7-10(13)5-15-16(7)6-8-2-3-9(12)4-11(8)14/h2-5H,6,14H2,1H3. The molecule has 2 rings (SSSR count). The highest BCUT2D eigenvalue weighted by molar-refractivity contribution is 9.10. The van der Waals surface area contributed by atoms with Crippen LogP contribution in [0.3, 0.4) is 0 Å². The zero-order valence-corrected chi connectivity index (χ0v) is 11.1. The van der Waals surface area contributed by atoms with Crippen molar-refractivity contribution < 1.29 is 0 Å². The molecule has 0 saturated carbocycles. The first-order chi connectivity index (χ1) is 7.58. The lowest BCUT2D eigenvalue weighted by Crippen LogP contribution is -2.06. The number of nitrogens with zero attached hydrogens (tertiary/aromatic N) is 2. The molecule has 0 spiro atoms. The van der Waals surface area contributed by atoms with E-state index in [9.17, 15) is 0 Å². The number of halogens is 2. The first-order valence-corrected chi connectivity index (χ1v) is 5.97. The smallest absolute Gasteiger partial charge is 0.0815 e. The molecular weight excluding hydrogens is 289 g/mol. The second kappa shape index (κ2) is 4.47. The monoisotopic (exact) mass is 299 g/mol. The Bertz CT molecular complexity index is 522. The van der Waals surface area contributed by atoms with E-state index in [4.69, 9.17) is 17.3 Å². The van der Waals surface area contributed by atoms with Crippen molar-refractivity contribution in [3.63, 3.8) is 0 Å². The molecule has 0 atom stereocenters. The van der Waals surface area contributed by atoms with Gasteiger partial charge in [0, 0.05) is 10.2 Å². The van der Waals surface area contributed by atoms with E-state index >= 15 is 0 Å². The van der Waals surface area contributed by atoms with Crippen molar-refractivity contribution in [2.24, 2.45) is 0 Å². The third-order valence-electron chi connectivity index (χ3n) is 2.47. The number of nitrogens with two attached hydrogens (primary N) is 1. The summed E-state index contributed by atoms with van der Waals surface area (Å²) in [6.45, 7) is 2.57. The Morgan fingerprint density at radius 3 is 2.81 bits per heavy atom. The number of benzene rings is 1. The molecule has 1 aromatic heterocycles. The van der Waals surface area contributed by atoms with E-state index in [0.717, 1.165) is 21.4 Å². The Labute approximate surface area is 107 Å². The lowest BCUT2D eigenvalue weighted by Gasteiger charge is -2.08. The minimum atomic E-state index is 0.637. The molecule has 0 aliphatic carbocycles. The molecule has 0 fully saturated rings. The van der Waals surface area contributed by atoms with Crippen LogP contribution in [0.15, 0.2) is 28.9 Å². The molecule has 1 heterocycles. The SMILES string of the molecule is Cc1c(Cl)cnn1Cc1ccc(Br)cc1N. The highest BCUT2D eigenvalue weighted by Gasteiger charge is 2.06. The van der Waals surface area contributed by atoms with Gasteiger partial charge in [0.1, 0.15) is 0 Å². The van der Waals surface area contributed by atoms with Crippen LogP contribution >= 0.6 is 27.5 Å². The van der Waals surface area contributed by atoms with Crippen molar-refractivity contribution in [2.45, 2.75) is 13.5 Å². The van der Waals surface area contributed by atoms with Gasteiger partial charge in [0.15, 0.2) is 0 Å². The van der Waals surface area contributed by atoms with Crippen LogP contribution in [0, 0.1) is 6.92 Å². The molecule has 0 bridgehead atoms. The molecule has 2 N–H and O–H groups in total. The van der Waals surface area contributed by atoms with Crippen molar-refractivity contribution >= 4 is 33.2 Å². The molecule has 0 aliphatic heterocycles. The molecule has 5 heteroatoms. The van der Waals surface area contributed by atoms with Crippen LogP contribution in [0.5, 0.6) is 0 Å². The topological polar surface area (TPSA) is 43.8 Å². The van der Waals surface area contributed by atoms with Gasteiger partial charge < -0.3 is 5.73 Å². The largest absolute Gasteiger partial charge is 0.398 e. The summed E-state index contributed by atoms with van der Waals surface area (Å²) in [5.41, 5.74) is 8.65. The fourth-order valence-electron chi connectivity index (χ4n) is 1.45. The van der Waals surface area contributed by atoms with Gasteiger partial charge in [-0.3, -0.25) is 4.68 Å². The molecule has 84 valence electrons. The van der Waals surface area contributed by atoms with Gasteiger partial charge in [-0.15, -0.1) is 0 Å². The maximum absolute atomic E-state index is 5.94. The number of hydrogen-bond acceptors (Lipinski definition) is 2. The predicted octanol–water partition coefficient (Wildman–Crippen LogP) is 3.24. The predicted molar refractivity (Wildman–Crippen MR) is 69.6 cm³/mol. The van der Waals surface area contributed by atoms with E-state index in [2.05, 4.69) is 21.0 Å². The van der Waals surface area contributed by atoms with Crippen molar-refractivity contribution in [2.75, 3.05) is 5.73 Å². The van der Waals surface area contributed by atoms with Gasteiger partial charge in [0.2, 0.25) is 0 Å². The van der Waals surface area contributed by atoms with Crippen molar-refractivity contribution in [1.82, 2.24) is 9.78 Å². The zero-order chi connectivity index (χ0) is 11.7. The van der Waals surface area contributed by atoms with Crippen LogP contribution < -0.4 is 5.73 Å². The summed E-state index contributed by atoms with van der Waals surface area (Å²) in [6, 6.07) is 5.83. The summed E-state index contributed by atoms with van der Waals surface area (Å²) in [4.78, 5) is 0. The van der Waals surface area contributed by atoms with Gasteiger partial charge in [-0.1, -0.05) is 33.6 Å². The maximum Gasteiger partial charge on any atom is 0.0815 e. The first-order valence-electron chi connectivity index (χ1n) is 4.79. The number of nitrogen functional groups attached to an aromatic ring is 1. The minimum absolute atomic E-state index is 0.637. The third kappa shape index (κ3) is 2.23. The molecule has 16 heavy (non-hydrogen) atoms. The molecule has 0 amide bonds. The van der Waals surface area contributed by atoms with E-state index in [1.807, 2.05) is 29.8 Å². The van der Waals surface area contributed by atoms with Crippen molar-refractivity contribution in [1.29, 1.82) is 0 Å². The summed E-state index contributed by atoms with van der Waals surface area (Å²) in [6.07, 6.45) is 1.64. The summed E-state index contributed by atoms with van der Waals surface area (Å²) in [7, 11) is 0. The van der Waals surface area contributed by atoms with Gasteiger partial charge in [-0.05, 0) is 24.6 Å². The van der Waals surface area contributed by atoms with Gasteiger partial charge in [-0.25, -0.2) is 0 Å². The van der Waals surface area contributed by atoms with Crippen LogP contribution in [-0.2, 0) is 6.54 Å². The molecule has 0 radical (unpaired) electrons. The molecule has 0 saturated heterocycles. The van der Waals surface area contributed by atoms with Crippen LogP contribution in [0.2, 0.25) is 5.02 Å². The Morgan fingerprint density at radius 1 is 1.50 bits per heavy atom. The maximum atomic E-state index is 5.94. The summed E-state index contributed by atoms with van der Waals surface area (Å²) < 4.78 is 2.81. The van der Waals surface area contributed by atoms with E-state index in [-0.39, 0.29) is 0 Å². The highest BCUT2D eigenvalue weighted by atomic mass is 79.9. The average molecular weight is 301 g/mol. The number of hydrogen-bond donors (Lipinski definition) is 1. The van der Waals surface area contributed by atoms with E-state index < -0.39 is 0 Å². The third-order valence-corrected chi connectivity index (χ3v) is 3.34. The minimum Gasteiger partial charge on any atom is -0.398 e. The van der Waals surface area contributed by atoms with Crippen molar-refractivity contribution in [3.05, 3.63) is 45.1 Å². The fraction of sp³-hybridized carbons (Fsp3) is 0.182. The number of rotatable bonds is 2. The average Bonchev–Trinajstić information content (AvgIpc) is 2.54. The van der Waals surface area contributed by atoms with Crippen LogP contribution in [0.1, 0.15) is 11.3 Å². The Kier molecular flexibility index (Phi) is 3.21. The lowest BCUT2D eigenvalue weighted by atomic mass is 10.2. The molecule has 2 aromatic rings. The van der Waals surface area contributed by atoms with Crippen LogP contribution in [0.25, 0.3) is 0 Å². The Balaban J connectivity index is 2.30. The van der Waals surface area contributed by atoms with Crippen LogP contribution in [-0.4, -0.2) is 9.78 Å². The summed E-state index contributed by atoms with van der Waals surface area (Å²) in [5.74, 6) is 0. The molecular formula is C11H11BrClN3. The molecule has 3 nitrogen and oxygen atoms in total. The van der Waals surface area contributed by atoms with Gasteiger partial charge in [0.25, 0.3) is 0 Å². The normalized spacial score (nSPS) is 10.7. The molecule has 0 aliphatic rings. The highest BCUT2D eigenvalue weighted by Crippen LogP contribution is 2.21. The first kappa shape index (κ1) is 11.5. The molecule has 1 aromatic carbocycles. The Morgan fingerprint density at radius 2 is 2.25 bits per heavy atom. The second-order valence-electron chi connectivity index (χ2n) is 3.58. The van der Waals surface area contributed by atoms with Crippen molar-refractivity contribution in [3.8, 4) is 0 Å². The Hall–Kier alpha value is -1.00.